The van der Waals surface area contributed by atoms with Crippen molar-refractivity contribution in [3.05, 3.63) is 11.9 Å². The van der Waals surface area contributed by atoms with E-state index in [0.717, 1.165) is 5.69 Å². The zero-order valence-electron chi connectivity index (χ0n) is 9.67. The Morgan fingerprint density at radius 3 is 2.38 bits per heavy atom. The molecule has 1 aromatic heterocycles. The number of aryl methyl sites for hydroxylation is 1. The number of hydrogen-bond acceptors (Lipinski definition) is 2. The quantitative estimate of drug-likeness (QED) is 0.806. The van der Waals surface area contributed by atoms with Gasteiger partial charge in [-0.2, -0.15) is 13.2 Å². The standard InChI is InChI=1S/C10H16F3N3/c1-9(2,3)8-7-14-15-16(8)6-4-5-10(11,12)13/h7H,4-6H2,1-3H3. The lowest BCUT2D eigenvalue weighted by atomic mass is 9.93. The number of aromatic nitrogens is 3. The normalized spacial score (nSPS) is 13.1. The van der Waals surface area contributed by atoms with Crippen LogP contribution in [0.15, 0.2) is 6.20 Å². The Hall–Kier alpha value is -1.07. The highest BCUT2D eigenvalue weighted by Gasteiger charge is 2.27. The van der Waals surface area contributed by atoms with Crippen LogP contribution in [0.5, 0.6) is 0 Å². The van der Waals surface area contributed by atoms with Crippen LogP contribution in [-0.4, -0.2) is 21.2 Å². The van der Waals surface area contributed by atoms with Crippen molar-refractivity contribution in [2.45, 2.75) is 51.7 Å². The average molecular weight is 235 g/mol. The van der Waals surface area contributed by atoms with E-state index in [1.165, 1.54) is 0 Å². The summed E-state index contributed by atoms with van der Waals surface area (Å²) in [6.45, 7) is 6.19. The van der Waals surface area contributed by atoms with Gasteiger partial charge in [-0.05, 0) is 6.42 Å². The zero-order valence-corrected chi connectivity index (χ0v) is 9.67. The van der Waals surface area contributed by atoms with E-state index in [1.807, 2.05) is 20.8 Å². The predicted octanol–water partition coefficient (Wildman–Crippen LogP) is 2.92. The molecule has 0 aliphatic heterocycles. The van der Waals surface area contributed by atoms with Crippen LogP contribution >= 0.6 is 0 Å². The highest BCUT2D eigenvalue weighted by molar-refractivity contribution is 5.07. The average Bonchev–Trinajstić information content (AvgIpc) is 2.48. The van der Waals surface area contributed by atoms with Gasteiger partial charge in [0.1, 0.15) is 0 Å². The lowest BCUT2D eigenvalue weighted by Crippen LogP contribution is -2.19. The minimum Gasteiger partial charge on any atom is -0.249 e. The summed E-state index contributed by atoms with van der Waals surface area (Å²) in [5.74, 6) is 0. The molecule has 0 aliphatic carbocycles. The monoisotopic (exact) mass is 235 g/mol. The number of alkyl halides is 3. The molecule has 0 bridgehead atoms. The molecule has 0 amide bonds. The summed E-state index contributed by atoms with van der Waals surface area (Å²) in [5, 5.41) is 7.54. The van der Waals surface area contributed by atoms with E-state index in [9.17, 15) is 13.2 Å². The second-order valence-electron chi connectivity index (χ2n) is 4.81. The number of rotatable bonds is 3. The number of nitrogens with zero attached hydrogens (tertiary/aromatic N) is 3. The van der Waals surface area contributed by atoms with Crippen molar-refractivity contribution < 1.29 is 13.2 Å². The summed E-state index contributed by atoms with van der Waals surface area (Å²) in [7, 11) is 0. The van der Waals surface area contributed by atoms with Crippen LogP contribution in [0, 0.1) is 0 Å². The van der Waals surface area contributed by atoms with Crippen LogP contribution < -0.4 is 0 Å². The first-order valence-corrected chi connectivity index (χ1v) is 5.16. The second kappa shape index (κ2) is 4.43. The molecule has 0 fully saturated rings. The third-order valence-corrected chi connectivity index (χ3v) is 2.22. The summed E-state index contributed by atoms with van der Waals surface area (Å²) in [6.07, 6.45) is -3.23. The van der Waals surface area contributed by atoms with Gasteiger partial charge in [0, 0.05) is 18.4 Å². The second-order valence-corrected chi connectivity index (χ2v) is 4.81. The molecule has 0 radical (unpaired) electrons. The first kappa shape index (κ1) is 13.0. The van der Waals surface area contributed by atoms with Crippen molar-refractivity contribution in [1.82, 2.24) is 15.0 Å². The van der Waals surface area contributed by atoms with Gasteiger partial charge >= 0.3 is 6.18 Å². The van der Waals surface area contributed by atoms with Crippen LogP contribution in [0.2, 0.25) is 0 Å². The molecule has 0 N–H and O–H groups in total. The molecular formula is C10H16F3N3. The maximum Gasteiger partial charge on any atom is 0.389 e. The van der Waals surface area contributed by atoms with Gasteiger partial charge in [-0.3, -0.25) is 0 Å². The summed E-state index contributed by atoms with van der Waals surface area (Å²) < 4.78 is 37.5. The third-order valence-electron chi connectivity index (χ3n) is 2.22. The maximum absolute atomic E-state index is 12.0. The topological polar surface area (TPSA) is 30.7 Å². The molecule has 0 saturated carbocycles. The summed E-state index contributed by atoms with van der Waals surface area (Å²) >= 11 is 0. The van der Waals surface area contributed by atoms with Crippen molar-refractivity contribution in [1.29, 1.82) is 0 Å². The van der Waals surface area contributed by atoms with E-state index in [2.05, 4.69) is 10.3 Å². The molecule has 0 atom stereocenters. The molecule has 1 heterocycles. The maximum atomic E-state index is 12.0. The van der Waals surface area contributed by atoms with Crippen molar-refractivity contribution in [2.24, 2.45) is 0 Å². The number of hydrogen-bond donors (Lipinski definition) is 0. The SMILES string of the molecule is CC(C)(C)c1cnnn1CCCC(F)(F)F. The smallest absolute Gasteiger partial charge is 0.249 e. The Kier molecular flexibility index (Phi) is 3.60. The Morgan fingerprint density at radius 1 is 1.25 bits per heavy atom. The molecule has 0 saturated heterocycles. The van der Waals surface area contributed by atoms with E-state index in [0.29, 0.717) is 0 Å². The van der Waals surface area contributed by atoms with Gasteiger partial charge in [0.15, 0.2) is 0 Å². The Morgan fingerprint density at radius 2 is 1.88 bits per heavy atom. The highest BCUT2D eigenvalue weighted by Crippen LogP contribution is 2.24. The van der Waals surface area contributed by atoms with Crippen molar-refractivity contribution in [3.8, 4) is 0 Å². The van der Waals surface area contributed by atoms with Gasteiger partial charge in [-0.25, -0.2) is 4.68 Å². The van der Waals surface area contributed by atoms with Gasteiger partial charge in [-0.1, -0.05) is 26.0 Å². The van der Waals surface area contributed by atoms with E-state index in [1.54, 1.807) is 10.9 Å². The summed E-state index contributed by atoms with van der Waals surface area (Å²) in [4.78, 5) is 0. The van der Waals surface area contributed by atoms with E-state index in [4.69, 9.17) is 0 Å². The van der Waals surface area contributed by atoms with E-state index < -0.39 is 12.6 Å². The van der Waals surface area contributed by atoms with Crippen LogP contribution in [0.4, 0.5) is 13.2 Å². The number of halogens is 3. The van der Waals surface area contributed by atoms with Crippen LogP contribution in [0.1, 0.15) is 39.3 Å². The lowest BCUT2D eigenvalue weighted by Gasteiger charge is -2.19. The Balaban J connectivity index is 2.59. The zero-order chi connectivity index (χ0) is 12.4. The van der Waals surface area contributed by atoms with Crippen molar-refractivity contribution in [3.63, 3.8) is 0 Å². The molecule has 0 spiro atoms. The minimum absolute atomic E-state index is 0.0376. The molecule has 92 valence electrons. The third kappa shape index (κ3) is 3.83. The van der Waals surface area contributed by atoms with Gasteiger partial charge in [0.25, 0.3) is 0 Å². The fraction of sp³-hybridized carbons (Fsp3) is 0.800. The van der Waals surface area contributed by atoms with E-state index in [-0.39, 0.29) is 18.4 Å². The van der Waals surface area contributed by atoms with Crippen LogP contribution in [-0.2, 0) is 12.0 Å². The molecular weight excluding hydrogens is 219 g/mol. The van der Waals surface area contributed by atoms with Gasteiger partial charge in [-0.15, -0.1) is 5.10 Å². The Bertz CT molecular complexity index is 336. The molecule has 16 heavy (non-hydrogen) atoms. The summed E-state index contributed by atoms with van der Waals surface area (Å²) in [6, 6.07) is 0. The largest absolute Gasteiger partial charge is 0.389 e. The first-order chi connectivity index (χ1) is 7.20. The Labute approximate surface area is 92.6 Å². The molecule has 0 aliphatic rings. The van der Waals surface area contributed by atoms with Crippen molar-refractivity contribution in [2.75, 3.05) is 0 Å². The molecule has 3 nitrogen and oxygen atoms in total. The molecule has 6 heteroatoms. The van der Waals surface area contributed by atoms with Gasteiger partial charge < -0.3 is 0 Å². The van der Waals surface area contributed by atoms with Crippen LogP contribution in [0.3, 0.4) is 0 Å². The van der Waals surface area contributed by atoms with Crippen molar-refractivity contribution >= 4 is 0 Å². The van der Waals surface area contributed by atoms with Gasteiger partial charge in [0.2, 0.25) is 0 Å². The van der Waals surface area contributed by atoms with Crippen LogP contribution in [0.25, 0.3) is 0 Å². The highest BCUT2D eigenvalue weighted by atomic mass is 19.4. The fourth-order valence-electron chi connectivity index (χ4n) is 1.43. The molecule has 0 unspecified atom stereocenters. The van der Waals surface area contributed by atoms with Gasteiger partial charge in [0.05, 0.1) is 11.9 Å². The molecule has 1 aromatic rings. The molecule has 1 rings (SSSR count). The summed E-state index contributed by atoms with van der Waals surface area (Å²) in [5.41, 5.74) is 0.705. The predicted molar refractivity (Wildman–Crippen MR) is 54.0 cm³/mol. The lowest BCUT2D eigenvalue weighted by molar-refractivity contribution is -0.136. The minimum atomic E-state index is -4.09. The fourth-order valence-corrected chi connectivity index (χ4v) is 1.43. The molecule has 0 aromatic carbocycles. The first-order valence-electron chi connectivity index (χ1n) is 5.16. The van der Waals surface area contributed by atoms with E-state index >= 15 is 0 Å².